The molecule has 2 N–H and O–H groups in total. The number of nitrogens with one attached hydrogen (secondary N) is 1. The van der Waals surface area contributed by atoms with E-state index in [1.807, 2.05) is 13.0 Å². The lowest BCUT2D eigenvalue weighted by atomic mass is 10.1. The van der Waals surface area contributed by atoms with Gasteiger partial charge in [0.15, 0.2) is 0 Å². The molecule has 6 heteroatoms. The van der Waals surface area contributed by atoms with Crippen LogP contribution < -0.4 is 5.56 Å². The van der Waals surface area contributed by atoms with Gasteiger partial charge in [-0.1, -0.05) is 0 Å². The Hall–Kier alpha value is -1.44. The number of aromatic nitrogens is 3. The normalized spacial score (nSPS) is 10.4. The first kappa shape index (κ1) is 11.1. The van der Waals surface area contributed by atoms with Crippen LogP contribution in [0.25, 0.3) is 11.4 Å². The topological polar surface area (TPSA) is 78.9 Å². The molecule has 0 fully saturated rings. The Morgan fingerprint density at radius 2 is 2.25 bits per heavy atom. The van der Waals surface area contributed by atoms with Crippen LogP contribution in [-0.2, 0) is 0 Å². The van der Waals surface area contributed by atoms with E-state index >= 15 is 0 Å². The minimum atomic E-state index is -0.355. The molecule has 5 nitrogen and oxygen atoms in total. The van der Waals surface area contributed by atoms with Crippen molar-refractivity contribution in [1.82, 2.24) is 15.0 Å². The second kappa shape index (κ2) is 4.20. The zero-order valence-corrected chi connectivity index (χ0v) is 10.5. The minimum Gasteiger partial charge on any atom is -0.492 e. The second-order valence-corrected chi connectivity index (χ2v) is 4.32. The summed E-state index contributed by atoms with van der Waals surface area (Å²) in [5.74, 6) is 0.0659. The van der Waals surface area contributed by atoms with E-state index in [9.17, 15) is 9.90 Å². The number of hydrogen-bond donors (Lipinski definition) is 2. The average molecular weight is 329 g/mol. The van der Waals surface area contributed by atoms with E-state index in [0.29, 0.717) is 11.4 Å². The number of halogens is 1. The van der Waals surface area contributed by atoms with E-state index < -0.39 is 0 Å². The lowest BCUT2D eigenvalue weighted by molar-refractivity contribution is 0.447. The third kappa shape index (κ3) is 1.92. The quantitative estimate of drug-likeness (QED) is 0.776. The maximum atomic E-state index is 11.5. The maximum Gasteiger partial charge on any atom is 0.268 e. The van der Waals surface area contributed by atoms with Crippen LogP contribution in [-0.4, -0.2) is 20.1 Å². The number of aromatic hydroxyl groups is 1. The Kier molecular flexibility index (Phi) is 2.90. The summed E-state index contributed by atoms with van der Waals surface area (Å²) in [6.45, 7) is 1.88. The van der Waals surface area contributed by atoms with Crippen LogP contribution in [0.1, 0.15) is 5.56 Å². The summed E-state index contributed by atoms with van der Waals surface area (Å²) in [7, 11) is 0. The van der Waals surface area contributed by atoms with Gasteiger partial charge in [-0.2, -0.15) is 4.98 Å². The Morgan fingerprint density at radius 3 is 2.88 bits per heavy atom. The van der Waals surface area contributed by atoms with Crippen molar-refractivity contribution in [2.75, 3.05) is 0 Å². The summed E-state index contributed by atoms with van der Waals surface area (Å²) < 4.78 is 0.183. The molecule has 2 heterocycles. The van der Waals surface area contributed by atoms with Gasteiger partial charge in [0.25, 0.3) is 5.56 Å². The third-order valence-electron chi connectivity index (χ3n) is 2.14. The molecule has 0 aromatic carbocycles. The molecule has 0 saturated heterocycles. The fraction of sp³-hybridized carbons (Fsp3) is 0.100. The molecule has 0 atom stereocenters. The van der Waals surface area contributed by atoms with Crippen LogP contribution in [0.5, 0.6) is 5.88 Å². The van der Waals surface area contributed by atoms with Gasteiger partial charge in [-0.25, -0.2) is 0 Å². The fourth-order valence-corrected chi connectivity index (χ4v) is 1.54. The second-order valence-electron chi connectivity index (χ2n) is 3.24. The van der Waals surface area contributed by atoms with Crippen LogP contribution in [0, 0.1) is 10.5 Å². The number of rotatable bonds is 1. The fourth-order valence-electron chi connectivity index (χ4n) is 1.29. The molecule has 0 aliphatic rings. The number of H-pyrrole nitrogens is 1. The van der Waals surface area contributed by atoms with E-state index in [1.165, 1.54) is 0 Å². The molecule has 0 radical (unpaired) electrons. The van der Waals surface area contributed by atoms with Crippen molar-refractivity contribution in [3.63, 3.8) is 0 Å². The molecular weight excluding hydrogens is 321 g/mol. The molecule has 2 aromatic heterocycles. The summed E-state index contributed by atoms with van der Waals surface area (Å²) in [5.41, 5.74) is 1.27. The summed E-state index contributed by atoms with van der Waals surface area (Å²) in [5, 5.41) is 9.47. The van der Waals surface area contributed by atoms with E-state index in [-0.39, 0.29) is 15.0 Å². The van der Waals surface area contributed by atoms with Gasteiger partial charge in [0.05, 0.1) is 0 Å². The molecule has 2 rings (SSSR count). The van der Waals surface area contributed by atoms with Gasteiger partial charge in [-0.3, -0.25) is 9.78 Å². The smallest absolute Gasteiger partial charge is 0.268 e. The van der Waals surface area contributed by atoms with Crippen LogP contribution in [0.4, 0.5) is 0 Å². The van der Waals surface area contributed by atoms with E-state index in [1.54, 1.807) is 35.0 Å². The summed E-state index contributed by atoms with van der Waals surface area (Å²) in [4.78, 5) is 21.9. The molecule has 16 heavy (non-hydrogen) atoms. The average Bonchev–Trinajstić information content (AvgIpc) is 2.26. The first-order valence-electron chi connectivity index (χ1n) is 4.49. The predicted molar refractivity (Wildman–Crippen MR) is 67.2 cm³/mol. The van der Waals surface area contributed by atoms with E-state index in [4.69, 9.17) is 0 Å². The van der Waals surface area contributed by atoms with Crippen molar-refractivity contribution in [2.24, 2.45) is 0 Å². The molecule has 0 saturated carbocycles. The Bertz CT molecular complexity index is 595. The maximum absolute atomic E-state index is 11.5. The van der Waals surface area contributed by atoms with Gasteiger partial charge >= 0.3 is 0 Å². The van der Waals surface area contributed by atoms with Gasteiger partial charge in [0.1, 0.15) is 9.39 Å². The monoisotopic (exact) mass is 329 g/mol. The van der Waals surface area contributed by atoms with Crippen molar-refractivity contribution < 1.29 is 5.11 Å². The number of nitrogens with zero attached hydrogens (tertiary/aromatic N) is 2. The zero-order valence-electron chi connectivity index (χ0n) is 8.36. The third-order valence-corrected chi connectivity index (χ3v) is 3.11. The SMILES string of the molecule is Cc1ccncc1-c1nc(O)c(I)c(=O)[nH]1. The number of pyridine rings is 1. The van der Waals surface area contributed by atoms with Crippen molar-refractivity contribution in [3.8, 4) is 17.3 Å². The standard InChI is InChI=1S/C10H8IN3O2/c1-5-2-3-12-4-6(5)8-13-9(15)7(11)10(16)14-8/h2-4H,1H3,(H2,13,14,15,16). The summed E-state index contributed by atoms with van der Waals surface area (Å²) in [6, 6.07) is 1.81. The highest BCUT2D eigenvalue weighted by molar-refractivity contribution is 14.1. The Balaban J connectivity index is 2.67. The molecule has 0 aliphatic carbocycles. The molecular formula is C10H8IN3O2. The van der Waals surface area contributed by atoms with Gasteiger partial charge in [0.2, 0.25) is 5.88 Å². The molecule has 2 aromatic rings. The lowest BCUT2D eigenvalue weighted by Gasteiger charge is -2.04. The van der Waals surface area contributed by atoms with Crippen LogP contribution in [0.2, 0.25) is 0 Å². The minimum absolute atomic E-state index is 0.183. The molecule has 0 bridgehead atoms. The first-order valence-corrected chi connectivity index (χ1v) is 5.57. The number of hydrogen-bond acceptors (Lipinski definition) is 4. The highest BCUT2D eigenvalue weighted by atomic mass is 127. The predicted octanol–water partition coefficient (Wildman–Crippen LogP) is 1.45. The zero-order chi connectivity index (χ0) is 11.7. The van der Waals surface area contributed by atoms with Crippen LogP contribution in [0.15, 0.2) is 23.3 Å². The molecule has 82 valence electrons. The highest BCUT2D eigenvalue weighted by Gasteiger charge is 2.10. The van der Waals surface area contributed by atoms with Gasteiger partial charge in [-0.05, 0) is 41.1 Å². The first-order chi connectivity index (χ1) is 7.59. The van der Waals surface area contributed by atoms with Crippen molar-refractivity contribution in [1.29, 1.82) is 0 Å². The molecule has 0 aliphatic heterocycles. The largest absolute Gasteiger partial charge is 0.492 e. The lowest BCUT2D eigenvalue weighted by Crippen LogP contribution is -2.12. The van der Waals surface area contributed by atoms with E-state index in [0.717, 1.165) is 5.56 Å². The van der Waals surface area contributed by atoms with Crippen LogP contribution in [0.3, 0.4) is 0 Å². The number of aryl methyl sites for hydroxylation is 1. The summed E-state index contributed by atoms with van der Waals surface area (Å²) >= 11 is 1.74. The summed E-state index contributed by atoms with van der Waals surface area (Å²) in [6.07, 6.45) is 3.25. The van der Waals surface area contributed by atoms with Crippen molar-refractivity contribution in [2.45, 2.75) is 6.92 Å². The molecule has 0 amide bonds. The van der Waals surface area contributed by atoms with E-state index in [2.05, 4.69) is 15.0 Å². The number of aromatic amines is 1. The Labute approximate surface area is 105 Å². The molecule has 0 unspecified atom stereocenters. The van der Waals surface area contributed by atoms with Crippen molar-refractivity contribution in [3.05, 3.63) is 37.9 Å². The Morgan fingerprint density at radius 1 is 1.50 bits per heavy atom. The van der Waals surface area contributed by atoms with Crippen LogP contribution >= 0.6 is 22.6 Å². The van der Waals surface area contributed by atoms with Gasteiger partial charge in [-0.15, -0.1) is 0 Å². The highest BCUT2D eigenvalue weighted by Crippen LogP contribution is 2.20. The van der Waals surface area contributed by atoms with Gasteiger partial charge < -0.3 is 10.1 Å². The van der Waals surface area contributed by atoms with Gasteiger partial charge in [0, 0.05) is 18.0 Å². The molecule has 0 spiro atoms. The van der Waals surface area contributed by atoms with Crippen molar-refractivity contribution >= 4 is 22.6 Å².